The molecule has 0 spiro atoms. The van der Waals surface area contributed by atoms with Gasteiger partial charge in [0.15, 0.2) is 17.3 Å². The maximum absolute atomic E-state index is 6.24. The standard InChI is InChI=1S/C19H25N5O3/c1-13(2)27-19-17(20)18(21-11-22-19)24-7-5-23(6-8-24)10-14-3-4-15-16(9-14)26-12-25-15/h3-4,9,11,13H,5-8,10,12,20H2,1-2H3. The van der Waals surface area contributed by atoms with Gasteiger partial charge in [0.2, 0.25) is 12.7 Å². The zero-order valence-corrected chi connectivity index (χ0v) is 15.7. The average molecular weight is 371 g/mol. The summed E-state index contributed by atoms with van der Waals surface area (Å²) >= 11 is 0. The maximum Gasteiger partial charge on any atom is 0.242 e. The molecule has 0 amide bonds. The number of hydrogen-bond donors (Lipinski definition) is 1. The molecule has 0 radical (unpaired) electrons. The van der Waals surface area contributed by atoms with Gasteiger partial charge in [-0.2, -0.15) is 4.98 Å². The van der Waals surface area contributed by atoms with Gasteiger partial charge in [0, 0.05) is 32.7 Å². The lowest BCUT2D eigenvalue weighted by molar-refractivity contribution is 0.174. The van der Waals surface area contributed by atoms with Gasteiger partial charge in [-0.25, -0.2) is 4.98 Å². The van der Waals surface area contributed by atoms with Crippen LogP contribution in [0.5, 0.6) is 17.4 Å². The van der Waals surface area contributed by atoms with E-state index in [4.69, 9.17) is 19.9 Å². The molecule has 144 valence electrons. The minimum absolute atomic E-state index is 0.0218. The summed E-state index contributed by atoms with van der Waals surface area (Å²) in [5.41, 5.74) is 7.98. The summed E-state index contributed by atoms with van der Waals surface area (Å²) in [5.74, 6) is 2.86. The Labute approximate surface area is 158 Å². The first-order valence-electron chi connectivity index (χ1n) is 9.23. The van der Waals surface area contributed by atoms with Crippen molar-refractivity contribution in [2.45, 2.75) is 26.5 Å². The molecule has 2 aromatic rings. The van der Waals surface area contributed by atoms with Gasteiger partial charge < -0.3 is 24.8 Å². The van der Waals surface area contributed by atoms with Crippen LogP contribution in [0.25, 0.3) is 0 Å². The third-order valence-corrected chi connectivity index (χ3v) is 4.69. The summed E-state index contributed by atoms with van der Waals surface area (Å²) in [6.07, 6.45) is 1.54. The van der Waals surface area contributed by atoms with Crippen molar-refractivity contribution in [1.82, 2.24) is 14.9 Å². The summed E-state index contributed by atoms with van der Waals surface area (Å²) in [7, 11) is 0. The van der Waals surface area contributed by atoms with Crippen molar-refractivity contribution in [3.05, 3.63) is 30.1 Å². The van der Waals surface area contributed by atoms with E-state index in [-0.39, 0.29) is 6.10 Å². The Morgan fingerprint density at radius 3 is 2.67 bits per heavy atom. The van der Waals surface area contributed by atoms with Gasteiger partial charge in [-0.05, 0) is 31.5 Å². The highest BCUT2D eigenvalue weighted by Crippen LogP contribution is 2.33. The van der Waals surface area contributed by atoms with Gasteiger partial charge in [0.1, 0.15) is 12.0 Å². The van der Waals surface area contributed by atoms with Gasteiger partial charge in [-0.3, -0.25) is 4.90 Å². The summed E-state index contributed by atoms with van der Waals surface area (Å²) in [6.45, 7) is 8.66. The van der Waals surface area contributed by atoms with Crippen molar-refractivity contribution in [2.75, 3.05) is 43.6 Å². The lowest BCUT2D eigenvalue weighted by Crippen LogP contribution is -2.46. The molecule has 8 heteroatoms. The fourth-order valence-corrected chi connectivity index (χ4v) is 3.36. The Hall–Kier alpha value is -2.74. The number of anilines is 2. The Kier molecular flexibility index (Phi) is 4.89. The van der Waals surface area contributed by atoms with Gasteiger partial charge in [-0.1, -0.05) is 6.07 Å². The van der Waals surface area contributed by atoms with E-state index in [1.165, 1.54) is 11.9 Å². The lowest BCUT2D eigenvalue weighted by atomic mass is 10.1. The van der Waals surface area contributed by atoms with E-state index in [0.717, 1.165) is 50.0 Å². The van der Waals surface area contributed by atoms with E-state index >= 15 is 0 Å². The molecular formula is C19H25N5O3. The number of nitrogens with zero attached hydrogens (tertiary/aromatic N) is 4. The van der Waals surface area contributed by atoms with Crippen molar-refractivity contribution < 1.29 is 14.2 Å². The Morgan fingerprint density at radius 1 is 1.11 bits per heavy atom. The number of nitrogens with two attached hydrogens (primary N) is 1. The van der Waals surface area contributed by atoms with Crippen LogP contribution in [-0.2, 0) is 6.54 Å². The predicted molar refractivity (Wildman–Crippen MR) is 102 cm³/mol. The van der Waals surface area contributed by atoms with E-state index < -0.39 is 0 Å². The van der Waals surface area contributed by atoms with Crippen LogP contribution in [0.1, 0.15) is 19.4 Å². The highest BCUT2D eigenvalue weighted by atomic mass is 16.7. The molecule has 1 saturated heterocycles. The van der Waals surface area contributed by atoms with Crippen molar-refractivity contribution >= 4 is 11.5 Å². The van der Waals surface area contributed by atoms with E-state index in [9.17, 15) is 0 Å². The number of ether oxygens (including phenoxy) is 3. The van der Waals surface area contributed by atoms with Crippen molar-refractivity contribution in [2.24, 2.45) is 0 Å². The topological polar surface area (TPSA) is 86.0 Å². The quantitative estimate of drug-likeness (QED) is 0.853. The maximum atomic E-state index is 6.24. The third-order valence-electron chi connectivity index (χ3n) is 4.69. The Bertz CT molecular complexity index is 806. The molecule has 0 unspecified atom stereocenters. The summed E-state index contributed by atoms with van der Waals surface area (Å²) < 4.78 is 16.5. The van der Waals surface area contributed by atoms with Gasteiger partial charge in [0.25, 0.3) is 0 Å². The number of nitrogen functional groups attached to an aromatic ring is 1. The summed E-state index contributed by atoms with van der Waals surface area (Å²) in [6, 6.07) is 6.14. The largest absolute Gasteiger partial charge is 0.473 e. The van der Waals surface area contributed by atoms with Gasteiger partial charge in [-0.15, -0.1) is 0 Å². The van der Waals surface area contributed by atoms with Crippen molar-refractivity contribution in [3.8, 4) is 17.4 Å². The first kappa shape index (κ1) is 17.7. The number of aromatic nitrogens is 2. The van der Waals surface area contributed by atoms with Crippen LogP contribution in [0.15, 0.2) is 24.5 Å². The minimum Gasteiger partial charge on any atom is -0.473 e. The zero-order valence-electron chi connectivity index (χ0n) is 15.7. The van der Waals surface area contributed by atoms with E-state index in [1.807, 2.05) is 19.9 Å². The predicted octanol–water partition coefficient (Wildman–Crippen LogP) is 1.90. The van der Waals surface area contributed by atoms with Crippen LogP contribution in [-0.4, -0.2) is 53.9 Å². The van der Waals surface area contributed by atoms with Crippen LogP contribution in [0, 0.1) is 0 Å². The molecule has 8 nitrogen and oxygen atoms in total. The number of piperazine rings is 1. The molecule has 3 heterocycles. The van der Waals surface area contributed by atoms with Crippen LogP contribution in [0.4, 0.5) is 11.5 Å². The second kappa shape index (κ2) is 7.48. The molecule has 0 saturated carbocycles. The molecule has 0 atom stereocenters. The number of fused-ring (bicyclic) bond motifs is 1. The Morgan fingerprint density at radius 2 is 1.89 bits per heavy atom. The normalized spacial score (nSPS) is 16.8. The SMILES string of the molecule is CC(C)Oc1ncnc(N2CCN(Cc3ccc4c(c3)OCO4)CC2)c1N. The molecule has 27 heavy (non-hydrogen) atoms. The fourth-order valence-electron chi connectivity index (χ4n) is 3.36. The molecule has 1 aromatic carbocycles. The number of rotatable bonds is 5. The van der Waals surface area contributed by atoms with E-state index in [2.05, 4.69) is 31.9 Å². The number of benzene rings is 1. The molecule has 1 aromatic heterocycles. The average Bonchev–Trinajstić information content (AvgIpc) is 3.12. The molecule has 0 bridgehead atoms. The number of hydrogen-bond acceptors (Lipinski definition) is 8. The highest BCUT2D eigenvalue weighted by molar-refractivity contribution is 5.67. The monoisotopic (exact) mass is 371 g/mol. The molecule has 2 aliphatic rings. The molecular weight excluding hydrogens is 346 g/mol. The van der Waals surface area contributed by atoms with Crippen molar-refractivity contribution in [1.29, 1.82) is 0 Å². The lowest BCUT2D eigenvalue weighted by Gasteiger charge is -2.35. The fraction of sp³-hybridized carbons (Fsp3) is 0.474. The third kappa shape index (κ3) is 3.85. The minimum atomic E-state index is 0.0218. The second-order valence-corrected chi connectivity index (χ2v) is 7.03. The second-order valence-electron chi connectivity index (χ2n) is 7.03. The molecule has 1 fully saturated rings. The zero-order chi connectivity index (χ0) is 18.8. The molecule has 0 aliphatic carbocycles. The first-order valence-corrected chi connectivity index (χ1v) is 9.23. The summed E-state index contributed by atoms with van der Waals surface area (Å²) in [5, 5.41) is 0. The summed E-state index contributed by atoms with van der Waals surface area (Å²) in [4.78, 5) is 13.1. The van der Waals surface area contributed by atoms with E-state index in [0.29, 0.717) is 18.4 Å². The van der Waals surface area contributed by atoms with Crippen LogP contribution in [0.2, 0.25) is 0 Å². The van der Waals surface area contributed by atoms with Gasteiger partial charge >= 0.3 is 0 Å². The van der Waals surface area contributed by atoms with Crippen molar-refractivity contribution in [3.63, 3.8) is 0 Å². The smallest absolute Gasteiger partial charge is 0.242 e. The highest BCUT2D eigenvalue weighted by Gasteiger charge is 2.22. The molecule has 4 rings (SSSR count). The van der Waals surface area contributed by atoms with Crippen LogP contribution in [0.3, 0.4) is 0 Å². The molecule has 2 aliphatic heterocycles. The van der Waals surface area contributed by atoms with Gasteiger partial charge in [0.05, 0.1) is 6.10 Å². The van der Waals surface area contributed by atoms with Crippen LogP contribution >= 0.6 is 0 Å². The van der Waals surface area contributed by atoms with Crippen LogP contribution < -0.4 is 24.8 Å². The molecule has 2 N–H and O–H groups in total. The first-order chi connectivity index (χ1) is 13.1. The Balaban J connectivity index is 1.38. The van der Waals surface area contributed by atoms with E-state index in [1.54, 1.807) is 0 Å².